The maximum absolute atomic E-state index is 11.3. The van der Waals surface area contributed by atoms with Gasteiger partial charge in [-0.3, -0.25) is 0 Å². The first-order valence-corrected chi connectivity index (χ1v) is 4.97. The van der Waals surface area contributed by atoms with Crippen LogP contribution in [0.2, 0.25) is 0 Å². The Bertz CT molecular complexity index is 314. The minimum Gasteiger partial charge on any atom is -0.464 e. The Hall–Kier alpha value is -1.26. The smallest absolute Gasteiger partial charge is 0.348 e. The van der Waals surface area contributed by atoms with Crippen LogP contribution in [0.15, 0.2) is 4.79 Å². The molecule has 0 aliphatic carbocycles. The van der Waals surface area contributed by atoms with Gasteiger partial charge in [-0.25, -0.2) is 14.0 Å². The maximum atomic E-state index is 11.3. The van der Waals surface area contributed by atoms with Crippen molar-refractivity contribution < 1.29 is 4.74 Å². The van der Waals surface area contributed by atoms with Gasteiger partial charge in [0.25, 0.3) is 0 Å². The van der Waals surface area contributed by atoms with Crippen molar-refractivity contribution in [3.63, 3.8) is 0 Å². The Morgan fingerprint density at radius 1 is 1.36 bits per heavy atom. The van der Waals surface area contributed by atoms with Gasteiger partial charge in [-0.15, -0.1) is 5.10 Å². The maximum Gasteiger partial charge on any atom is 0.348 e. The van der Waals surface area contributed by atoms with Gasteiger partial charge in [-0.05, 0) is 13.8 Å². The predicted molar refractivity (Wildman–Crippen MR) is 55.7 cm³/mol. The number of aryl methyl sites for hydroxylation is 1. The molecule has 1 rings (SSSR count). The van der Waals surface area contributed by atoms with E-state index in [4.69, 9.17) is 4.74 Å². The molecule has 0 saturated carbocycles. The van der Waals surface area contributed by atoms with E-state index in [1.807, 2.05) is 27.7 Å². The molecule has 0 aliphatic heterocycles. The first-order valence-electron chi connectivity index (χ1n) is 4.97. The second kappa shape index (κ2) is 6.23. The molecule has 5 heteroatoms. The first kappa shape index (κ1) is 12.7. The van der Waals surface area contributed by atoms with Gasteiger partial charge in [0.15, 0.2) is 0 Å². The Labute approximate surface area is 84.3 Å². The standard InChI is InChI=1S/C7H13N3O2.C2H6/c1-4-10-7(11)9(3)6(8-10)12-5-2;1-2/h4-5H2,1-3H3;1-2H3. The van der Waals surface area contributed by atoms with Crippen LogP contribution in [0.25, 0.3) is 0 Å². The fraction of sp³-hybridized carbons (Fsp3) is 0.778. The van der Waals surface area contributed by atoms with Gasteiger partial charge in [0.05, 0.1) is 6.61 Å². The zero-order valence-corrected chi connectivity index (χ0v) is 9.57. The average Bonchev–Trinajstić information content (AvgIpc) is 2.49. The Kier molecular flexibility index (Phi) is 5.67. The van der Waals surface area contributed by atoms with Crippen LogP contribution in [0.5, 0.6) is 6.01 Å². The van der Waals surface area contributed by atoms with E-state index in [-0.39, 0.29) is 5.69 Å². The van der Waals surface area contributed by atoms with Crippen LogP contribution in [-0.4, -0.2) is 21.0 Å². The van der Waals surface area contributed by atoms with E-state index in [0.29, 0.717) is 19.2 Å². The zero-order valence-electron chi connectivity index (χ0n) is 9.57. The first-order chi connectivity index (χ1) is 6.70. The van der Waals surface area contributed by atoms with Gasteiger partial charge in [-0.1, -0.05) is 13.8 Å². The van der Waals surface area contributed by atoms with Crippen molar-refractivity contribution >= 4 is 0 Å². The summed E-state index contributed by atoms with van der Waals surface area (Å²) >= 11 is 0. The number of aromatic nitrogens is 3. The molecule has 0 N–H and O–H groups in total. The molecule has 1 aromatic heterocycles. The van der Waals surface area contributed by atoms with Crippen LogP contribution in [0.3, 0.4) is 0 Å². The van der Waals surface area contributed by atoms with Crippen molar-refractivity contribution in [2.75, 3.05) is 6.61 Å². The molecule has 0 saturated heterocycles. The molecule has 0 aromatic carbocycles. The summed E-state index contributed by atoms with van der Waals surface area (Å²) in [6, 6.07) is 0.379. The molecule has 82 valence electrons. The topological polar surface area (TPSA) is 49.1 Å². The average molecular weight is 201 g/mol. The fourth-order valence-electron chi connectivity index (χ4n) is 0.929. The van der Waals surface area contributed by atoms with Crippen LogP contribution < -0.4 is 10.4 Å². The quantitative estimate of drug-likeness (QED) is 0.733. The minimum absolute atomic E-state index is 0.138. The van der Waals surface area contributed by atoms with Gasteiger partial charge in [0, 0.05) is 13.6 Å². The van der Waals surface area contributed by atoms with E-state index < -0.39 is 0 Å². The molecule has 0 radical (unpaired) electrons. The minimum atomic E-state index is -0.138. The number of ether oxygens (including phenoxy) is 1. The molecule has 1 aromatic rings. The molecule has 0 bridgehead atoms. The van der Waals surface area contributed by atoms with Crippen LogP contribution in [-0.2, 0) is 13.6 Å². The summed E-state index contributed by atoms with van der Waals surface area (Å²) in [5, 5.41) is 3.96. The number of nitrogens with zero attached hydrogens (tertiary/aromatic N) is 3. The van der Waals surface area contributed by atoms with Crippen molar-refractivity contribution in [1.29, 1.82) is 0 Å². The monoisotopic (exact) mass is 201 g/mol. The normalized spacial score (nSPS) is 9.21. The summed E-state index contributed by atoms with van der Waals surface area (Å²) in [5.74, 6) is 0. The van der Waals surface area contributed by atoms with Gasteiger partial charge in [0.2, 0.25) is 0 Å². The largest absolute Gasteiger partial charge is 0.464 e. The molecule has 0 fully saturated rings. The third-order valence-electron chi connectivity index (χ3n) is 1.57. The highest BCUT2D eigenvalue weighted by Gasteiger charge is 2.08. The lowest BCUT2D eigenvalue weighted by Gasteiger charge is -1.97. The second-order valence-corrected chi connectivity index (χ2v) is 2.37. The molecule has 0 aliphatic rings. The summed E-state index contributed by atoms with van der Waals surface area (Å²) < 4.78 is 7.89. The SMILES string of the molecule is CC.CCOc1nn(CC)c(=O)n1C. The van der Waals surface area contributed by atoms with Crippen LogP contribution >= 0.6 is 0 Å². The molecule has 5 nitrogen and oxygen atoms in total. The van der Waals surface area contributed by atoms with E-state index in [9.17, 15) is 4.79 Å². The molecule has 0 atom stereocenters. The van der Waals surface area contributed by atoms with Crippen molar-refractivity contribution in [2.45, 2.75) is 34.2 Å². The van der Waals surface area contributed by atoms with Crippen LogP contribution in [0.4, 0.5) is 0 Å². The summed E-state index contributed by atoms with van der Waals surface area (Å²) in [5.41, 5.74) is -0.138. The van der Waals surface area contributed by atoms with Crippen LogP contribution in [0.1, 0.15) is 27.7 Å². The highest BCUT2D eigenvalue weighted by atomic mass is 16.5. The fourth-order valence-corrected chi connectivity index (χ4v) is 0.929. The van der Waals surface area contributed by atoms with Crippen molar-refractivity contribution in [1.82, 2.24) is 14.3 Å². The second-order valence-electron chi connectivity index (χ2n) is 2.37. The van der Waals surface area contributed by atoms with E-state index in [1.54, 1.807) is 7.05 Å². The van der Waals surface area contributed by atoms with Gasteiger partial charge in [0.1, 0.15) is 0 Å². The predicted octanol–water partition coefficient (Wildman–Crippen LogP) is 1.03. The van der Waals surface area contributed by atoms with Crippen LogP contribution in [0, 0.1) is 0 Å². The van der Waals surface area contributed by atoms with E-state index in [1.165, 1.54) is 9.25 Å². The molecular weight excluding hydrogens is 182 g/mol. The molecular formula is C9H19N3O2. The number of hydrogen-bond acceptors (Lipinski definition) is 3. The summed E-state index contributed by atoms with van der Waals surface area (Å²) in [6.07, 6.45) is 0. The summed E-state index contributed by atoms with van der Waals surface area (Å²) in [7, 11) is 1.65. The molecule has 1 heterocycles. The number of hydrogen-bond donors (Lipinski definition) is 0. The zero-order chi connectivity index (χ0) is 11.1. The Morgan fingerprint density at radius 2 is 1.93 bits per heavy atom. The molecule has 14 heavy (non-hydrogen) atoms. The summed E-state index contributed by atoms with van der Waals surface area (Å²) in [4.78, 5) is 11.3. The van der Waals surface area contributed by atoms with Crippen molar-refractivity contribution in [3.8, 4) is 6.01 Å². The highest BCUT2D eigenvalue weighted by Crippen LogP contribution is 1.99. The lowest BCUT2D eigenvalue weighted by molar-refractivity contribution is 0.298. The Balaban J connectivity index is 0.000000791. The van der Waals surface area contributed by atoms with Gasteiger partial charge in [-0.2, -0.15) is 0 Å². The van der Waals surface area contributed by atoms with Gasteiger partial charge >= 0.3 is 11.7 Å². The number of rotatable bonds is 3. The molecule has 0 unspecified atom stereocenters. The molecule has 0 spiro atoms. The lowest BCUT2D eigenvalue weighted by Crippen LogP contribution is -2.22. The van der Waals surface area contributed by atoms with Crippen molar-refractivity contribution in [2.24, 2.45) is 7.05 Å². The van der Waals surface area contributed by atoms with Crippen molar-refractivity contribution in [3.05, 3.63) is 10.5 Å². The Morgan fingerprint density at radius 3 is 2.29 bits per heavy atom. The summed E-state index contributed by atoms with van der Waals surface area (Å²) in [6.45, 7) is 8.81. The van der Waals surface area contributed by atoms with Gasteiger partial charge < -0.3 is 4.74 Å². The lowest BCUT2D eigenvalue weighted by atomic mass is 10.8. The van der Waals surface area contributed by atoms with E-state index in [2.05, 4.69) is 5.10 Å². The third-order valence-corrected chi connectivity index (χ3v) is 1.57. The third kappa shape index (κ3) is 2.61. The van der Waals surface area contributed by atoms with E-state index >= 15 is 0 Å². The van der Waals surface area contributed by atoms with E-state index in [0.717, 1.165) is 0 Å². The molecule has 0 amide bonds. The highest BCUT2D eigenvalue weighted by molar-refractivity contribution is 4.92.